The van der Waals surface area contributed by atoms with Crippen molar-refractivity contribution >= 4 is 5.91 Å². The van der Waals surface area contributed by atoms with Crippen molar-refractivity contribution in [2.45, 2.75) is 31.0 Å². The van der Waals surface area contributed by atoms with Gasteiger partial charge in [0.25, 0.3) is 5.91 Å². The Morgan fingerprint density at radius 3 is 2.36 bits per heavy atom. The Bertz CT molecular complexity index is 523. The first kappa shape index (κ1) is 19.8. The van der Waals surface area contributed by atoms with Gasteiger partial charge in [0.1, 0.15) is 18.3 Å². The second kappa shape index (κ2) is 9.81. The SMILES string of the molecule is O=C([C@H](O)[C@@H](O)[C@H](O)[C@H](O)COCc1ccccc1)N1CCNCC1. The Kier molecular flexibility index (Phi) is 7.76. The number of benzene rings is 1. The van der Waals surface area contributed by atoms with E-state index in [1.807, 2.05) is 30.3 Å². The van der Waals surface area contributed by atoms with Crippen molar-refractivity contribution in [1.82, 2.24) is 10.2 Å². The highest BCUT2D eigenvalue weighted by Crippen LogP contribution is 2.10. The summed E-state index contributed by atoms with van der Waals surface area (Å²) in [4.78, 5) is 13.5. The molecule has 4 atom stereocenters. The van der Waals surface area contributed by atoms with E-state index in [2.05, 4.69) is 5.32 Å². The van der Waals surface area contributed by atoms with Gasteiger partial charge in [-0.2, -0.15) is 0 Å². The summed E-state index contributed by atoms with van der Waals surface area (Å²) in [6.45, 7) is 2.05. The van der Waals surface area contributed by atoms with Gasteiger partial charge in [0.15, 0.2) is 6.10 Å². The molecule has 0 saturated carbocycles. The van der Waals surface area contributed by atoms with Crippen molar-refractivity contribution in [2.24, 2.45) is 0 Å². The molecular weight excluding hydrogens is 328 g/mol. The van der Waals surface area contributed by atoms with Crippen LogP contribution < -0.4 is 5.32 Å². The van der Waals surface area contributed by atoms with Gasteiger partial charge in [-0.05, 0) is 5.56 Å². The predicted molar refractivity (Wildman–Crippen MR) is 89.6 cm³/mol. The molecule has 1 aromatic rings. The molecule has 1 aliphatic heterocycles. The van der Waals surface area contributed by atoms with Gasteiger partial charge in [0.2, 0.25) is 0 Å². The van der Waals surface area contributed by atoms with Gasteiger partial charge in [0.05, 0.1) is 13.2 Å². The minimum Gasteiger partial charge on any atom is -0.388 e. The first-order valence-corrected chi connectivity index (χ1v) is 8.34. The lowest BCUT2D eigenvalue weighted by atomic mass is 10.0. The number of ether oxygens (including phenoxy) is 1. The van der Waals surface area contributed by atoms with E-state index >= 15 is 0 Å². The fraction of sp³-hybridized carbons (Fsp3) is 0.588. The zero-order valence-corrected chi connectivity index (χ0v) is 14.0. The number of nitrogens with zero attached hydrogens (tertiary/aromatic N) is 1. The van der Waals surface area contributed by atoms with Crippen LogP contribution in [0.4, 0.5) is 0 Å². The highest BCUT2D eigenvalue weighted by molar-refractivity contribution is 5.81. The summed E-state index contributed by atoms with van der Waals surface area (Å²) in [5, 5.41) is 43.0. The lowest BCUT2D eigenvalue weighted by Gasteiger charge is -2.32. The molecule has 1 aromatic carbocycles. The number of carbonyl (C=O) groups is 1. The Hall–Kier alpha value is -1.55. The molecule has 0 unspecified atom stereocenters. The zero-order chi connectivity index (χ0) is 18.2. The summed E-state index contributed by atoms with van der Waals surface area (Å²) in [7, 11) is 0. The molecular formula is C17H26N2O6. The van der Waals surface area contributed by atoms with Crippen LogP contribution in [0.25, 0.3) is 0 Å². The molecule has 2 rings (SSSR count). The van der Waals surface area contributed by atoms with Crippen LogP contribution in [0.1, 0.15) is 5.56 Å². The lowest BCUT2D eigenvalue weighted by molar-refractivity contribution is -0.160. The van der Waals surface area contributed by atoms with Crippen molar-refractivity contribution in [1.29, 1.82) is 0 Å². The second-order valence-electron chi connectivity index (χ2n) is 6.07. The molecule has 1 aliphatic rings. The first-order valence-electron chi connectivity index (χ1n) is 8.34. The molecule has 5 N–H and O–H groups in total. The zero-order valence-electron chi connectivity index (χ0n) is 14.0. The van der Waals surface area contributed by atoms with Crippen LogP contribution in [0, 0.1) is 0 Å². The van der Waals surface area contributed by atoms with E-state index in [1.165, 1.54) is 4.90 Å². The van der Waals surface area contributed by atoms with Crippen LogP contribution >= 0.6 is 0 Å². The molecule has 8 nitrogen and oxygen atoms in total. The summed E-state index contributed by atoms with van der Waals surface area (Å²) in [6, 6.07) is 9.29. The number of amides is 1. The standard InChI is InChI=1S/C17H26N2O6/c20-13(11-25-10-12-4-2-1-3-5-12)14(21)15(22)16(23)17(24)19-8-6-18-7-9-19/h1-5,13-16,18,20-23H,6-11H2/t13-,14-,15+,16-/m1/s1. The highest BCUT2D eigenvalue weighted by Gasteiger charge is 2.36. The minimum absolute atomic E-state index is 0.234. The molecule has 0 spiro atoms. The van der Waals surface area contributed by atoms with Gasteiger partial charge < -0.3 is 35.4 Å². The van der Waals surface area contributed by atoms with Crippen molar-refractivity contribution in [3.63, 3.8) is 0 Å². The molecule has 1 fully saturated rings. The van der Waals surface area contributed by atoms with Gasteiger partial charge in [0, 0.05) is 26.2 Å². The molecule has 1 amide bonds. The van der Waals surface area contributed by atoms with Crippen molar-refractivity contribution in [2.75, 3.05) is 32.8 Å². The second-order valence-corrected chi connectivity index (χ2v) is 6.07. The Morgan fingerprint density at radius 1 is 1.08 bits per heavy atom. The molecule has 1 heterocycles. The third-order valence-corrected chi connectivity index (χ3v) is 4.15. The number of hydrogen-bond acceptors (Lipinski definition) is 7. The van der Waals surface area contributed by atoms with Crippen molar-refractivity contribution in [3.8, 4) is 0 Å². The van der Waals surface area contributed by atoms with Crippen molar-refractivity contribution < 1.29 is 30.0 Å². The van der Waals surface area contributed by atoms with Gasteiger partial charge in [-0.1, -0.05) is 30.3 Å². The summed E-state index contributed by atoms with van der Waals surface area (Å²) in [6.07, 6.45) is -6.71. The molecule has 25 heavy (non-hydrogen) atoms. The van der Waals surface area contributed by atoms with Crippen LogP contribution in [0.15, 0.2) is 30.3 Å². The van der Waals surface area contributed by atoms with Gasteiger partial charge >= 0.3 is 0 Å². The average Bonchev–Trinajstić information content (AvgIpc) is 2.67. The Morgan fingerprint density at radius 2 is 1.72 bits per heavy atom. The van der Waals surface area contributed by atoms with Crippen molar-refractivity contribution in [3.05, 3.63) is 35.9 Å². The highest BCUT2D eigenvalue weighted by atomic mass is 16.5. The maximum absolute atomic E-state index is 12.1. The van der Waals surface area contributed by atoms with Crippen LogP contribution in [-0.4, -0.2) is 88.4 Å². The average molecular weight is 354 g/mol. The molecule has 140 valence electrons. The summed E-state index contributed by atoms with van der Waals surface area (Å²) in [5.74, 6) is -0.662. The number of piperazine rings is 1. The predicted octanol–water partition coefficient (Wildman–Crippen LogP) is -1.92. The fourth-order valence-electron chi connectivity index (χ4n) is 2.60. The lowest BCUT2D eigenvalue weighted by Crippen LogP contribution is -2.56. The molecule has 0 bridgehead atoms. The normalized spacial score (nSPS) is 19.9. The molecule has 1 saturated heterocycles. The maximum Gasteiger partial charge on any atom is 0.254 e. The number of carbonyl (C=O) groups excluding carboxylic acids is 1. The first-order chi connectivity index (χ1) is 12.0. The van der Waals surface area contributed by atoms with E-state index in [-0.39, 0.29) is 13.2 Å². The molecule has 8 heteroatoms. The quantitative estimate of drug-likeness (QED) is 0.369. The largest absolute Gasteiger partial charge is 0.388 e. The van der Waals surface area contributed by atoms with E-state index in [0.717, 1.165) is 5.56 Å². The summed E-state index contributed by atoms with van der Waals surface area (Å²) >= 11 is 0. The fourth-order valence-corrected chi connectivity index (χ4v) is 2.60. The number of rotatable bonds is 8. The summed E-state index contributed by atoms with van der Waals surface area (Å²) in [5.41, 5.74) is 0.902. The van der Waals surface area contributed by atoms with Crippen LogP contribution in [0.2, 0.25) is 0 Å². The van der Waals surface area contributed by atoms with Gasteiger partial charge in [-0.25, -0.2) is 0 Å². The molecule has 0 aromatic heterocycles. The third-order valence-electron chi connectivity index (χ3n) is 4.15. The number of hydrogen-bond donors (Lipinski definition) is 5. The molecule has 0 aliphatic carbocycles. The topological polar surface area (TPSA) is 122 Å². The maximum atomic E-state index is 12.1. The number of aliphatic hydroxyl groups excluding tert-OH is 4. The van der Waals surface area contributed by atoms with E-state index in [4.69, 9.17) is 4.74 Å². The number of nitrogens with one attached hydrogen (secondary N) is 1. The smallest absolute Gasteiger partial charge is 0.254 e. The Balaban J connectivity index is 1.78. The molecule has 0 radical (unpaired) electrons. The minimum atomic E-state index is -1.79. The van der Waals surface area contributed by atoms with E-state index < -0.39 is 30.3 Å². The van der Waals surface area contributed by atoms with E-state index in [0.29, 0.717) is 26.2 Å². The van der Waals surface area contributed by atoms with Crippen LogP contribution in [-0.2, 0) is 16.1 Å². The monoisotopic (exact) mass is 354 g/mol. The van der Waals surface area contributed by atoms with Gasteiger partial charge in [-0.3, -0.25) is 4.79 Å². The van der Waals surface area contributed by atoms with Crippen LogP contribution in [0.3, 0.4) is 0 Å². The summed E-state index contributed by atoms with van der Waals surface area (Å²) < 4.78 is 5.30. The number of aliphatic hydroxyl groups is 4. The van der Waals surface area contributed by atoms with E-state index in [9.17, 15) is 25.2 Å². The third kappa shape index (κ3) is 5.74. The van der Waals surface area contributed by atoms with Gasteiger partial charge in [-0.15, -0.1) is 0 Å². The van der Waals surface area contributed by atoms with E-state index in [1.54, 1.807) is 0 Å². The Labute approximate surface area is 146 Å². The van der Waals surface area contributed by atoms with Crippen LogP contribution in [0.5, 0.6) is 0 Å².